The summed E-state index contributed by atoms with van der Waals surface area (Å²) in [5, 5.41) is 9.68. The zero-order chi connectivity index (χ0) is 11.5. The summed E-state index contributed by atoms with van der Waals surface area (Å²) in [6.07, 6.45) is 1.97. The topological polar surface area (TPSA) is 32.7 Å². The summed E-state index contributed by atoms with van der Waals surface area (Å²) in [6.45, 7) is 8.81. The SMILES string of the molecule is CC(O)C(C)(C)CN(C)C1CCOCC1. The summed E-state index contributed by atoms with van der Waals surface area (Å²) in [6, 6.07) is 0.622. The van der Waals surface area contributed by atoms with Gasteiger partial charge in [0.05, 0.1) is 6.10 Å². The highest BCUT2D eigenvalue weighted by molar-refractivity contribution is 4.81. The highest BCUT2D eigenvalue weighted by Crippen LogP contribution is 2.24. The Kier molecular flexibility index (Phi) is 4.56. The molecule has 1 fully saturated rings. The maximum Gasteiger partial charge on any atom is 0.0575 e. The Morgan fingerprint density at radius 3 is 2.40 bits per heavy atom. The summed E-state index contributed by atoms with van der Waals surface area (Å²) in [5.41, 5.74) is -0.0347. The Balaban J connectivity index is 2.42. The Labute approximate surface area is 93.4 Å². The van der Waals surface area contributed by atoms with Crippen molar-refractivity contribution in [3.05, 3.63) is 0 Å². The molecule has 15 heavy (non-hydrogen) atoms. The van der Waals surface area contributed by atoms with E-state index in [0.717, 1.165) is 32.6 Å². The molecule has 0 amide bonds. The van der Waals surface area contributed by atoms with Crippen LogP contribution in [0.25, 0.3) is 0 Å². The van der Waals surface area contributed by atoms with Crippen LogP contribution < -0.4 is 0 Å². The molecular formula is C12H25NO2. The third-order valence-electron chi connectivity index (χ3n) is 3.60. The predicted octanol–water partition coefficient (Wildman–Crippen LogP) is 1.50. The van der Waals surface area contributed by atoms with Gasteiger partial charge in [0, 0.05) is 31.2 Å². The van der Waals surface area contributed by atoms with E-state index in [-0.39, 0.29) is 11.5 Å². The van der Waals surface area contributed by atoms with E-state index in [4.69, 9.17) is 4.74 Å². The molecule has 1 atom stereocenters. The van der Waals surface area contributed by atoms with Crippen LogP contribution in [0.2, 0.25) is 0 Å². The Morgan fingerprint density at radius 2 is 1.93 bits per heavy atom. The van der Waals surface area contributed by atoms with Crippen molar-refractivity contribution in [2.75, 3.05) is 26.8 Å². The minimum Gasteiger partial charge on any atom is -0.393 e. The van der Waals surface area contributed by atoms with Crippen molar-refractivity contribution in [2.45, 2.75) is 45.8 Å². The van der Waals surface area contributed by atoms with Crippen molar-refractivity contribution < 1.29 is 9.84 Å². The molecule has 0 aromatic rings. The molecule has 3 nitrogen and oxygen atoms in total. The van der Waals surface area contributed by atoms with Crippen LogP contribution in [0.15, 0.2) is 0 Å². The number of hydrogen-bond donors (Lipinski definition) is 1. The molecule has 0 aliphatic carbocycles. The fourth-order valence-electron chi connectivity index (χ4n) is 2.03. The summed E-state index contributed by atoms with van der Waals surface area (Å²) in [4.78, 5) is 2.37. The maximum absolute atomic E-state index is 9.68. The van der Waals surface area contributed by atoms with E-state index in [1.54, 1.807) is 0 Å². The predicted molar refractivity (Wildman–Crippen MR) is 61.9 cm³/mol. The summed E-state index contributed by atoms with van der Waals surface area (Å²) in [5.74, 6) is 0. The van der Waals surface area contributed by atoms with Gasteiger partial charge in [-0.15, -0.1) is 0 Å². The van der Waals surface area contributed by atoms with Crippen LogP contribution in [-0.4, -0.2) is 49.0 Å². The summed E-state index contributed by atoms with van der Waals surface area (Å²) in [7, 11) is 2.15. The average molecular weight is 215 g/mol. The lowest BCUT2D eigenvalue weighted by Gasteiger charge is -2.38. The highest BCUT2D eigenvalue weighted by atomic mass is 16.5. The summed E-state index contributed by atoms with van der Waals surface area (Å²) >= 11 is 0. The first-order valence-corrected chi connectivity index (χ1v) is 5.89. The Hall–Kier alpha value is -0.120. The Bertz CT molecular complexity index is 186. The van der Waals surface area contributed by atoms with E-state index in [1.165, 1.54) is 0 Å². The molecule has 0 bridgehead atoms. The van der Waals surface area contributed by atoms with Gasteiger partial charge >= 0.3 is 0 Å². The van der Waals surface area contributed by atoms with E-state index in [9.17, 15) is 5.11 Å². The number of rotatable bonds is 4. The molecule has 1 saturated heterocycles. The standard InChI is InChI=1S/C12H25NO2/c1-10(14)12(2,3)9-13(4)11-5-7-15-8-6-11/h10-11,14H,5-9H2,1-4H3. The zero-order valence-electron chi connectivity index (χ0n) is 10.5. The van der Waals surface area contributed by atoms with Gasteiger partial charge in [0.25, 0.3) is 0 Å². The van der Waals surface area contributed by atoms with Crippen LogP contribution in [0.1, 0.15) is 33.6 Å². The lowest BCUT2D eigenvalue weighted by atomic mass is 9.86. The average Bonchev–Trinajstić information content (AvgIpc) is 2.18. The van der Waals surface area contributed by atoms with Crippen LogP contribution in [0.3, 0.4) is 0 Å². The molecule has 90 valence electrons. The van der Waals surface area contributed by atoms with Crippen molar-refractivity contribution in [1.29, 1.82) is 0 Å². The maximum atomic E-state index is 9.68. The van der Waals surface area contributed by atoms with Crippen LogP contribution in [0.5, 0.6) is 0 Å². The van der Waals surface area contributed by atoms with E-state index in [0.29, 0.717) is 6.04 Å². The minimum absolute atomic E-state index is 0.0347. The van der Waals surface area contributed by atoms with Gasteiger partial charge in [0.1, 0.15) is 0 Å². The van der Waals surface area contributed by atoms with E-state index in [1.807, 2.05) is 6.92 Å². The number of aliphatic hydroxyl groups excluding tert-OH is 1. The molecule has 0 spiro atoms. The molecular weight excluding hydrogens is 190 g/mol. The first kappa shape index (κ1) is 12.9. The van der Waals surface area contributed by atoms with E-state index in [2.05, 4.69) is 25.8 Å². The molecule has 0 aromatic carbocycles. The van der Waals surface area contributed by atoms with Gasteiger partial charge in [0.2, 0.25) is 0 Å². The second-order valence-electron chi connectivity index (χ2n) is 5.42. The third kappa shape index (κ3) is 3.74. The lowest BCUT2D eigenvalue weighted by molar-refractivity contribution is 0.000633. The number of ether oxygens (including phenoxy) is 1. The zero-order valence-corrected chi connectivity index (χ0v) is 10.5. The highest BCUT2D eigenvalue weighted by Gasteiger charge is 2.29. The molecule has 0 aromatic heterocycles. The number of hydrogen-bond acceptors (Lipinski definition) is 3. The van der Waals surface area contributed by atoms with Gasteiger partial charge in [-0.05, 0) is 26.8 Å². The fourth-order valence-corrected chi connectivity index (χ4v) is 2.03. The molecule has 1 N–H and O–H groups in total. The molecule has 1 heterocycles. The first-order valence-electron chi connectivity index (χ1n) is 5.89. The van der Waals surface area contributed by atoms with Crippen LogP contribution in [-0.2, 0) is 4.74 Å². The molecule has 1 rings (SSSR count). The monoisotopic (exact) mass is 215 g/mol. The molecule has 1 aliphatic heterocycles. The normalized spacial score (nSPS) is 22.0. The molecule has 0 saturated carbocycles. The van der Waals surface area contributed by atoms with Crippen molar-refractivity contribution >= 4 is 0 Å². The van der Waals surface area contributed by atoms with Gasteiger partial charge in [-0.3, -0.25) is 0 Å². The third-order valence-corrected chi connectivity index (χ3v) is 3.60. The molecule has 3 heteroatoms. The minimum atomic E-state index is -0.264. The van der Waals surface area contributed by atoms with Crippen molar-refractivity contribution in [1.82, 2.24) is 4.90 Å². The number of nitrogens with zero attached hydrogens (tertiary/aromatic N) is 1. The van der Waals surface area contributed by atoms with E-state index < -0.39 is 0 Å². The molecule has 0 radical (unpaired) electrons. The van der Waals surface area contributed by atoms with Crippen LogP contribution >= 0.6 is 0 Å². The van der Waals surface area contributed by atoms with Crippen molar-refractivity contribution in [3.63, 3.8) is 0 Å². The van der Waals surface area contributed by atoms with Gasteiger partial charge < -0.3 is 14.7 Å². The van der Waals surface area contributed by atoms with Crippen LogP contribution in [0.4, 0.5) is 0 Å². The second-order valence-corrected chi connectivity index (χ2v) is 5.42. The van der Waals surface area contributed by atoms with Crippen molar-refractivity contribution in [2.24, 2.45) is 5.41 Å². The lowest BCUT2D eigenvalue weighted by Crippen LogP contribution is -2.45. The second kappa shape index (κ2) is 5.28. The van der Waals surface area contributed by atoms with Crippen LogP contribution in [0, 0.1) is 5.41 Å². The van der Waals surface area contributed by atoms with Gasteiger partial charge in [-0.25, -0.2) is 0 Å². The largest absolute Gasteiger partial charge is 0.393 e. The number of aliphatic hydroxyl groups is 1. The van der Waals surface area contributed by atoms with Gasteiger partial charge in [-0.2, -0.15) is 0 Å². The van der Waals surface area contributed by atoms with Gasteiger partial charge in [-0.1, -0.05) is 13.8 Å². The van der Waals surface area contributed by atoms with E-state index >= 15 is 0 Å². The summed E-state index contributed by atoms with van der Waals surface area (Å²) < 4.78 is 5.35. The first-order chi connectivity index (χ1) is 6.93. The molecule has 1 aliphatic rings. The van der Waals surface area contributed by atoms with Gasteiger partial charge in [0.15, 0.2) is 0 Å². The quantitative estimate of drug-likeness (QED) is 0.771. The van der Waals surface area contributed by atoms with Crippen molar-refractivity contribution in [3.8, 4) is 0 Å². The Morgan fingerprint density at radius 1 is 1.40 bits per heavy atom. The molecule has 1 unspecified atom stereocenters. The fraction of sp³-hybridized carbons (Fsp3) is 1.00. The smallest absolute Gasteiger partial charge is 0.0575 e.